The zero-order chi connectivity index (χ0) is 23.0. The lowest BCUT2D eigenvalue weighted by atomic mass is 10.1. The van der Waals surface area contributed by atoms with Crippen LogP contribution < -0.4 is 10.1 Å². The van der Waals surface area contributed by atoms with Crippen molar-refractivity contribution < 1.29 is 9.53 Å². The van der Waals surface area contributed by atoms with Gasteiger partial charge in [0.1, 0.15) is 5.75 Å². The summed E-state index contributed by atoms with van der Waals surface area (Å²) < 4.78 is 7.78. The topological polar surface area (TPSA) is 69.0 Å². The van der Waals surface area contributed by atoms with E-state index in [2.05, 4.69) is 29.4 Å². The molecule has 0 aliphatic rings. The van der Waals surface area contributed by atoms with Crippen LogP contribution in [0.3, 0.4) is 0 Å². The van der Waals surface area contributed by atoms with E-state index in [0.29, 0.717) is 6.54 Å². The van der Waals surface area contributed by atoms with Crippen molar-refractivity contribution in [1.82, 2.24) is 14.8 Å². The summed E-state index contributed by atoms with van der Waals surface area (Å²) in [6, 6.07) is 21.8. The molecule has 0 atom stereocenters. The van der Waals surface area contributed by atoms with Crippen LogP contribution in [0, 0.1) is 0 Å². The Hall–Kier alpha value is -3.32. The van der Waals surface area contributed by atoms with Gasteiger partial charge < -0.3 is 14.6 Å². The van der Waals surface area contributed by atoms with Gasteiger partial charge in [-0.2, -0.15) is 0 Å². The summed E-state index contributed by atoms with van der Waals surface area (Å²) in [6.07, 6.45) is 2.15. The molecule has 1 amide bonds. The van der Waals surface area contributed by atoms with E-state index in [1.165, 1.54) is 11.8 Å². The summed E-state index contributed by atoms with van der Waals surface area (Å²) in [5.41, 5.74) is 1.79. The van der Waals surface area contributed by atoms with Gasteiger partial charge in [-0.25, -0.2) is 0 Å². The Morgan fingerprint density at radius 1 is 1.00 bits per heavy atom. The van der Waals surface area contributed by atoms with E-state index in [9.17, 15) is 4.79 Å². The number of carbonyl (C=O) groups is 1. The normalized spacial score (nSPS) is 11.0. The Morgan fingerprint density at radius 2 is 1.79 bits per heavy atom. The molecule has 0 aliphatic heterocycles. The fraction of sp³-hybridized carbons (Fsp3) is 0.269. The van der Waals surface area contributed by atoms with Gasteiger partial charge in [0.05, 0.1) is 12.4 Å². The summed E-state index contributed by atoms with van der Waals surface area (Å²) in [5, 5.41) is 14.6. The second-order valence-electron chi connectivity index (χ2n) is 7.64. The average molecular weight is 461 g/mol. The van der Waals surface area contributed by atoms with Crippen molar-refractivity contribution in [2.24, 2.45) is 0 Å². The van der Waals surface area contributed by atoms with Gasteiger partial charge >= 0.3 is 0 Å². The Morgan fingerprint density at radius 3 is 2.58 bits per heavy atom. The molecule has 0 aliphatic carbocycles. The van der Waals surface area contributed by atoms with Gasteiger partial charge in [-0.3, -0.25) is 4.79 Å². The monoisotopic (exact) mass is 460 g/mol. The number of carbonyl (C=O) groups excluding carboxylic acids is 1. The molecule has 0 unspecified atom stereocenters. The SMILES string of the molecule is CCCCOc1ccc(-c2nnc(SCC(=O)Nc3cccc4ccccc34)n2CC)cc1. The van der Waals surface area contributed by atoms with Crippen LogP contribution in [0.25, 0.3) is 22.2 Å². The van der Waals surface area contributed by atoms with E-state index in [-0.39, 0.29) is 11.7 Å². The van der Waals surface area contributed by atoms with Crippen molar-refractivity contribution in [2.45, 2.75) is 38.4 Å². The number of benzene rings is 3. The minimum Gasteiger partial charge on any atom is -0.494 e. The Balaban J connectivity index is 1.41. The second-order valence-corrected chi connectivity index (χ2v) is 8.58. The molecule has 4 aromatic rings. The van der Waals surface area contributed by atoms with E-state index in [0.717, 1.165) is 58.2 Å². The van der Waals surface area contributed by atoms with Crippen molar-refractivity contribution in [3.63, 3.8) is 0 Å². The van der Waals surface area contributed by atoms with Gasteiger partial charge in [0.25, 0.3) is 0 Å². The molecule has 1 aromatic heterocycles. The third-order valence-electron chi connectivity index (χ3n) is 5.31. The number of thioether (sulfide) groups is 1. The largest absolute Gasteiger partial charge is 0.494 e. The third-order valence-corrected chi connectivity index (χ3v) is 6.28. The highest BCUT2D eigenvalue weighted by atomic mass is 32.2. The predicted octanol–water partition coefficient (Wildman–Crippen LogP) is 6.03. The molecule has 1 heterocycles. The van der Waals surface area contributed by atoms with Gasteiger partial charge in [-0.15, -0.1) is 10.2 Å². The van der Waals surface area contributed by atoms with Crippen LogP contribution in [0.5, 0.6) is 5.75 Å². The molecule has 0 bridgehead atoms. The van der Waals surface area contributed by atoms with Gasteiger partial charge in [-0.1, -0.05) is 61.5 Å². The number of nitrogens with zero attached hydrogens (tertiary/aromatic N) is 3. The standard InChI is InChI=1S/C26H28N4O2S/c1-3-5-17-32-21-15-13-20(14-16-21)25-28-29-26(30(25)4-2)33-18-24(31)27-23-12-8-10-19-9-6-7-11-22(19)23/h6-16H,3-5,17-18H2,1-2H3,(H,27,31). The number of fused-ring (bicyclic) bond motifs is 1. The fourth-order valence-electron chi connectivity index (χ4n) is 3.58. The highest BCUT2D eigenvalue weighted by molar-refractivity contribution is 7.99. The maximum Gasteiger partial charge on any atom is 0.234 e. The molecule has 0 radical (unpaired) electrons. The van der Waals surface area contributed by atoms with Crippen LogP contribution in [-0.4, -0.2) is 33.0 Å². The summed E-state index contributed by atoms with van der Waals surface area (Å²) in [6.45, 7) is 5.63. The molecule has 6 nitrogen and oxygen atoms in total. The molecule has 4 rings (SSSR count). The van der Waals surface area contributed by atoms with Crippen LogP contribution in [0.4, 0.5) is 5.69 Å². The first-order valence-electron chi connectivity index (χ1n) is 11.3. The maximum atomic E-state index is 12.6. The van der Waals surface area contributed by atoms with E-state index in [4.69, 9.17) is 4.74 Å². The number of nitrogens with one attached hydrogen (secondary N) is 1. The van der Waals surface area contributed by atoms with Crippen molar-refractivity contribution in [2.75, 3.05) is 17.7 Å². The van der Waals surface area contributed by atoms with Gasteiger partial charge in [0.2, 0.25) is 5.91 Å². The number of rotatable bonds is 10. The zero-order valence-corrected chi connectivity index (χ0v) is 19.8. The van der Waals surface area contributed by atoms with Crippen molar-refractivity contribution in [3.05, 3.63) is 66.7 Å². The number of hydrogen-bond acceptors (Lipinski definition) is 5. The number of ether oxygens (including phenoxy) is 1. The highest BCUT2D eigenvalue weighted by Crippen LogP contribution is 2.27. The van der Waals surface area contributed by atoms with Gasteiger partial charge in [0, 0.05) is 23.2 Å². The van der Waals surface area contributed by atoms with E-state index in [1.54, 1.807) is 0 Å². The molecule has 7 heteroatoms. The summed E-state index contributed by atoms with van der Waals surface area (Å²) in [4.78, 5) is 12.6. The zero-order valence-electron chi connectivity index (χ0n) is 19.0. The van der Waals surface area contributed by atoms with Crippen LogP contribution >= 0.6 is 11.8 Å². The van der Waals surface area contributed by atoms with Crippen LogP contribution in [0.15, 0.2) is 71.9 Å². The molecular weight excluding hydrogens is 432 g/mol. The Bertz CT molecular complexity index is 1220. The number of hydrogen-bond donors (Lipinski definition) is 1. The molecule has 0 spiro atoms. The molecular formula is C26H28N4O2S. The minimum atomic E-state index is -0.0721. The van der Waals surface area contributed by atoms with E-state index < -0.39 is 0 Å². The van der Waals surface area contributed by atoms with Crippen molar-refractivity contribution in [1.29, 1.82) is 0 Å². The number of unbranched alkanes of at least 4 members (excludes halogenated alkanes) is 1. The highest BCUT2D eigenvalue weighted by Gasteiger charge is 2.15. The summed E-state index contributed by atoms with van der Waals surface area (Å²) >= 11 is 1.39. The quantitative estimate of drug-likeness (QED) is 0.231. The predicted molar refractivity (Wildman–Crippen MR) is 135 cm³/mol. The van der Waals surface area contributed by atoms with Crippen LogP contribution in [0.1, 0.15) is 26.7 Å². The number of anilines is 1. The van der Waals surface area contributed by atoms with Gasteiger partial charge in [0.15, 0.2) is 11.0 Å². The molecule has 0 fully saturated rings. The molecule has 170 valence electrons. The third kappa shape index (κ3) is 5.54. The van der Waals surface area contributed by atoms with Gasteiger partial charge in [-0.05, 0) is 49.1 Å². The van der Waals surface area contributed by atoms with E-state index in [1.807, 2.05) is 71.3 Å². The fourth-order valence-corrected chi connectivity index (χ4v) is 4.38. The Labute approximate surface area is 198 Å². The molecule has 0 saturated carbocycles. The smallest absolute Gasteiger partial charge is 0.234 e. The molecule has 3 aromatic carbocycles. The van der Waals surface area contributed by atoms with E-state index >= 15 is 0 Å². The van der Waals surface area contributed by atoms with Crippen LogP contribution in [0.2, 0.25) is 0 Å². The molecule has 33 heavy (non-hydrogen) atoms. The summed E-state index contributed by atoms with van der Waals surface area (Å²) in [7, 11) is 0. The maximum absolute atomic E-state index is 12.6. The average Bonchev–Trinajstić information content (AvgIpc) is 3.26. The van der Waals surface area contributed by atoms with Crippen molar-refractivity contribution in [3.8, 4) is 17.1 Å². The summed E-state index contributed by atoms with van der Waals surface area (Å²) in [5.74, 6) is 1.83. The lowest BCUT2D eigenvalue weighted by Crippen LogP contribution is -2.15. The van der Waals surface area contributed by atoms with Crippen LogP contribution in [-0.2, 0) is 11.3 Å². The second kappa shape index (κ2) is 11.0. The Kier molecular flexibility index (Phi) is 7.62. The first-order chi connectivity index (χ1) is 16.2. The molecule has 0 saturated heterocycles. The lowest BCUT2D eigenvalue weighted by molar-refractivity contribution is -0.113. The number of aromatic nitrogens is 3. The first-order valence-corrected chi connectivity index (χ1v) is 12.2. The first kappa shape index (κ1) is 22.9. The lowest BCUT2D eigenvalue weighted by Gasteiger charge is -2.10. The minimum absolute atomic E-state index is 0.0721. The number of amides is 1. The van der Waals surface area contributed by atoms with Crippen molar-refractivity contribution >= 4 is 34.1 Å². The molecule has 1 N–H and O–H groups in total.